The number of carbonyl (C=O) groups excluding carboxylic acids is 1. The van der Waals surface area contributed by atoms with E-state index in [4.69, 9.17) is 5.11 Å². The Hall–Kier alpha value is -1.26. The molecule has 0 rings (SSSR count). The summed E-state index contributed by atoms with van der Waals surface area (Å²) in [4.78, 5) is 22.8. The molecule has 0 aromatic carbocycles. The van der Waals surface area contributed by atoms with Crippen molar-refractivity contribution in [1.29, 1.82) is 0 Å². The molecule has 76 valence electrons. The van der Waals surface area contributed by atoms with Gasteiger partial charge in [-0.3, -0.25) is 4.79 Å². The second kappa shape index (κ2) is 6.28. The fourth-order valence-electron chi connectivity index (χ4n) is 0.834. The highest BCUT2D eigenvalue weighted by molar-refractivity contribution is 5.79. The maximum Gasteiger partial charge on any atom is 0.323 e. The van der Waals surface area contributed by atoms with E-state index in [0.29, 0.717) is 13.1 Å². The summed E-state index contributed by atoms with van der Waals surface area (Å²) in [5.74, 6) is -0.992. The van der Waals surface area contributed by atoms with Gasteiger partial charge in [-0.05, 0) is 13.3 Å². The molecule has 0 unspecified atom stereocenters. The zero-order chi connectivity index (χ0) is 10.3. The van der Waals surface area contributed by atoms with E-state index in [1.54, 1.807) is 6.92 Å². The van der Waals surface area contributed by atoms with Crippen molar-refractivity contribution in [2.75, 3.05) is 19.6 Å². The predicted molar refractivity (Wildman–Crippen MR) is 48.6 cm³/mol. The lowest BCUT2D eigenvalue weighted by molar-refractivity contribution is -0.137. The number of amides is 2. The summed E-state index contributed by atoms with van der Waals surface area (Å²) < 4.78 is 0. The third-order valence-electron chi connectivity index (χ3n) is 1.52. The van der Waals surface area contributed by atoms with Crippen molar-refractivity contribution in [1.82, 2.24) is 10.2 Å². The molecule has 0 aliphatic carbocycles. The summed E-state index contributed by atoms with van der Waals surface area (Å²) in [5, 5.41) is 11.1. The molecule has 0 aliphatic rings. The summed E-state index contributed by atoms with van der Waals surface area (Å²) in [7, 11) is 0. The average Bonchev–Trinajstić information content (AvgIpc) is 2.09. The second-order valence-corrected chi connectivity index (χ2v) is 2.64. The fraction of sp³-hybridized carbons (Fsp3) is 0.750. The monoisotopic (exact) mass is 188 g/mol. The SMILES string of the molecule is CCCNC(=O)N(CC)CC(=O)O. The van der Waals surface area contributed by atoms with Gasteiger partial charge in [0.2, 0.25) is 0 Å². The van der Waals surface area contributed by atoms with Crippen LogP contribution in [0.15, 0.2) is 0 Å². The van der Waals surface area contributed by atoms with Crippen LogP contribution in [-0.2, 0) is 4.79 Å². The van der Waals surface area contributed by atoms with Crippen LogP contribution < -0.4 is 5.32 Å². The summed E-state index contributed by atoms with van der Waals surface area (Å²) in [5.41, 5.74) is 0. The number of carboxylic acids is 1. The van der Waals surface area contributed by atoms with Crippen LogP contribution in [0, 0.1) is 0 Å². The molecule has 0 saturated carbocycles. The van der Waals surface area contributed by atoms with Gasteiger partial charge >= 0.3 is 12.0 Å². The molecule has 0 atom stereocenters. The Morgan fingerprint density at radius 3 is 2.38 bits per heavy atom. The lowest BCUT2D eigenvalue weighted by Gasteiger charge is -2.18. The van der Waals surface area contributed by atoms with Crippen LogP contribution >= 0.6 is 0 Å². The Morgan fingerprint density at radius 2 is 2.00 bits per heavy atom. The smallest absolute Gasteiger partial charge is 0.323 e. The zero-order valence-electron chi connectivity index (χ0n) is 8.04. The lowest BCUT2D eigenvalue weighted by atomic mass is 10.4. The molecule has 5 nitrogen and oxygen atoms in total. The van der Waals surface area contributed by atoms with Crippen LogP contribution in [0.25, 0.3) is 0 Å². The van der Waals surface area contributed by atoms with Crippen molar-refractivity contribution in [2.24, 2.45) is 0 Å². The topological polar surface area (TPSA) is 69.6 Å². The molecule has 0 fully saturated rings. The van der Waals surface area contributed by atoms with Crippen LogP contribution in [-0.4, -0.2) is 41.6 Å². The molecule has 0 aromatic rings. The van der Waals surface area contributed by atoms with Gasteiger partial charge in [0, 0.05) is 13.1 Å². The molecule has 2 N–H and O–H groups in total. The van der Waals surface area contributed by atoms with Gasteiger partial charge < -0.3 is 15.3 Å². The summed E-state index contributed by atoms with van der Waals surface area (Å²) >= 11 is 0. The largest absolute Gasteiger partial charge is 0.480 e. The molecule has 0 aliphatic heterocycles. The molecular formula is C8H16N2O3. The Labute approximate surface area is 77.7 Å². The number of aliphatic carboxylic acids is 1. The quantitative estimate of drug-likeness (QED) is 0.660. The first kappa shape index (κ1) is 11.7. The molecule has 5 heteroatoms. The van der Waals surface area contributed by atoms with Gasteiger partial charge in [-0.15, -0.1) is 0 Å². The number of carbonyl (C=O) groups is 2. The Balaban J connectivity index is 3.92. The minimum atomic E-state index is -0.992. The average molecular weight is 188 g/mol. The van der Waals surface area contributed by atoms with E-state index in [-0.39, 0.29) is 12.6 Å². The van der Waals surface area contributed by atoms with Gasteiger partial charge in [-0.1, -0.05) is 6.92 Å². The first-order valence-electron chi connectivity index (χ1n) is 4.36. The number of hydrogen-bond acceptors (Lipinski definition) is 2. The first-order chi connectivity index (χ1) is 6.11. The van der Waals surface area contributed by atoms with E-state index in [1.807, 2.05) is 6.92 Å². The summed E-state index contributed by atoms with van der Waals surface area (Å²) in [6.45, 7) is 4.42. The number of rotatable bonds is 5. The number of hydrogen-bond donors (Lipinski definition) is 2. The Bertz CT molecular complexity index is 182. The maximum atomic E-state index is 11.2. The van der Waals surface area contributed by atoms with Crippen LogP contribution in [0.3, 0.4) is 0 Å². The minimum Gasteiger partial charge on any atom is -0.480 e. The standard InChI is InChI=1S/C8H16N2O3/c1-3-5-9-8(13)10(4-2)6-7(11)12/h3-6H2,1-2H3,(H,9,13)(H,11,12). The molecule has 0 radical (unpaired) electrons. The third kappa shape index (κ3) is 5.05. The Kier molecular flexibility index (Phi) is 5.67. The van der Waals surface area contributed by atoms with Crippen molar-refractivity contribution in [3.8, 4) is 0 Å². The highest BCUT2D eigenvalue weighted by atomic mass is 16.4. The van der Waals surface area contributed by atoms with Crippen LogP contribution in [0.5, 0.6) is 0 Å². The van der Waals surface area contributed by atoms with E-state index in [0.717, 1.165) is 6.42 Å². The van der Waals surface area contributed by atoms with E-state index >= 15 is 0 Å². The van der Waals surface area contributed by atoms with Crippen molar-refractivity contribution < 1.29 is 14.7 Å². The van der Waals surface area contributed by atoms with Gasteiger partial charge in [-0.25, -0.2) is 4.79 Å². The molecule has 0 bridgehead atoms. The first-order valence-corrected chi connectivity index (χ1v) is 4.36. The van der Waals surface area contributed by atoms with Crippen LogP contribution in [0.2, 0.25) is 0 Å². The molecular weight excluding hydrogens is 172 g/mol. The van der Waals surface area contributed by atoms with E-state index in [1.165, 1.54) is 4.90 Å². The number of urea groups is 1. The molecule has 13 heavy (non-hydrogen) atoms. The molecule has 0 spiro atoms. The molecule has 0 heterocycles. The summed E-state index contributed by atoms with van der Waals surface area (Å²) in [6, 6.07) is -0.313. The van der Waals surface area contributed by atoms with Gasteiger partial charge in [0.25, 0.3) is 0 Å². The second-order valence-electron chi connectivity index (χ2n) is 2.64. The summed E-state index contributed by atoms with van der Waals surface area (Å²) in [6.07, 6.45) is 0.844. The predicted octanol–water partition coefficient (Wildman–Crippen LogP) is 0.513. The van der Waals surface area contributed by atoms with Crippen LogP contribution in [0.1, 0.15) is 20.3 Å². The van der Waals surface area contributed by atoms with Crippen molar-refractivity contribution >= 4 is 12.0 Å². The van der Waals surface area contributed by atoms with Crippen LogP contribution in [0.4, 0.5) is 4.79 Å². The number of nitrogens with one attached hydrogen (secondary N) is 1. The van der Waals surface area contributed by atoms with Crippen molar-refractivity contribution in [3.63, 3.8) is 0 Å². The maximum absolute atomic E-state index is 11.2. The molecule has 0 saturated heterocycles. The third-order valence-corrected chi connectivity index (χ3v) is 1.52. The van der Waals surface area contributed by atoms with Crippen molar-refractivity contribution in [2.45, 2.75) is 20.3 Å². The van der Waals surface area contributed by atoms with Gasteiger partial charge in [-0.2, -0.15) is 0 Å². The highest BCUT2D eigenvalue weighted by Crippen LogP contribution is 1.88. The van der Waals surface area contributed by atoms with Gasteiger partial charge in [0.05, 0.1) is 0 Å². The lowest BCUT2D eigenvalue weighted by Crippen LogP contribution is -2.42. The number of carboxylic acid groups (broad SMARTS) is 1. The molecule has 0 aromatic heterocycles. The van der Waals surface area contributed by atoms with E-state index in [2.05, 4.69) is 5.32 Å². The number of nitrogens with zero attached hydrogens (tertiary/aromatic N) is 1. The van der Waals surface area contributed by atoms with Gasteiger partial charge in [0.15, 0.2) is 0 Å². The minimum absolute atomic E-state index is 0.244. The van der Waals surface area contributed by atoms with E-state index in [9.17, 15) is 9.59 Å². The Morgan fingerprint density at radius 1 is 1.38 bits per heavy atom. The fourth-order valence-corrected chi connectivity index (χ4v) is 0.834. The van der Waals surface area contributed by atoms with Gasteiger partial charge in [0.1, 0.15) is 6.54 Å². The van der Waals surface area contributed by atoms with E-state index < -0.39 is 5.97 Å². The normalized spacial score (nSPS) is 9.38. The molecule has 2 amide bonds. The van der Waals surface area contributed by atoms with Crippen molar-refractivity contribution in [3.05, 3.63) is 0 Å². The highest BCUT2D eigenvalue weighted by Gasteiger charge is 2.13. The zero-order valence-corrected chi connectivity index (χ0v) is 8.04. The number of likely N-dealkylation sites (N-methyl/N-ethyl adjacent to an activating group) is 1.